The molecule has 4 heteroatoms. The predicted molar refractivity (Wildman–Crippen MR) is 210 cm³/mol. The summed E-state index contributed by atoms with van der Waals surface area (Å²) in [5.41, 5.74) is 7.97. The van der Waals surface area contributed by atoms with Gasteiger partial charge in [-0.1, -0.05) is 170 Å². The smallest absolute Gasteiger partial charge is 0.171 e. The molecule has 0 unspecified atom stereocenters. The summed E-state index contributed by atoms with van der Waals surface area (Å²) >= 11 is 0. The van der Waals surface area contributed by atoms with Gasteiger partial charge in [0.25, 0.3) is 0 Å². The van der Waals surface area contributed by atoms with Gasteiger partial charge in [-0.2, -0.15) is 0 Å². The van der Waals surface area contributed by atoms with E-state index in [-0.39, 0.29) is 0 Å². The highest BCUT2D eigenvalue weighted by molar-refractivity contribution is 7.85. The summed E-state index contributed by atoms with van der Waals surface area (Å²) in [6.07, 6.45) is 0. The van der Waals surface area contributed by atoms with Crippen LogP contribution in [-0.2, 0) is 4.57 Å². The van der Waals surface area contributed by atoms with E-state index in [0.717, 1.165) is 82.1 Å². The second-order valence-corrected chi connectivity index (χ2v) is 15.3. The molecule has 0 spiro atoms. The van der Waals surface area contributed by atoms with E-state index in [4.69, 9.17) is 9.97 Å². The minimum absolute atomic E-state index is 0.811. The van der Waals surface area contributed by atoms with Gasteiger partial charge >= 0.3 is 0 Å². The summed E-state index contributed by atoms with van der Waals surface area (Å²) in [6, 6.07) is 63.6. The molecule has 0 fully saturated rings. The standard InChI is InChI=1S/C46H31N2OP/c49-50(37-17-9-3-10-18-37,38-19-11-4-12-20-38)39-26-21-32(22-27-39)36-25-30-43-41(31-36)40-28-23-35-24-29-42(33-13-5-1-6-14-33)47-46(35)44(40)45(48-43)34-15-7-2-8-16-34/h1-31H. The van der Waals surface area contributed by atoms with E-state index in [0.29, 0.717) is 0 Å². The van der Waals surface area contributed by atoms with Gasteiger partial charge in [-0.3, -0.25) is 0 Å². The van der Waals surface area contributed by atoms with Gasteiger partial charge in [0.15, 0.2) is 7.14 Å². The summed E-state index contributed by atoms with van der Waals surface area (Å²) in [5.74, 6) is 0. The average molecular weight is 659 g/mol. The number of benzene rings is 7. The first-order valence-electron chi connectivity index (χ1n) is 16.8. The lowest BCUT2D eigenvalue weighted by Crippen LogP contribution is -2.24. The molecule has 236 valence electrons. The third kappa shape index (κ3) is 5.11. The Balaban J connectivity index is 1.22. The largest absolute Gasteiger partial charge is 0.309 e. The quantitative estimate of drug-likeness (QED) is 0.132. The van der Waals surface area contributed by atoms with Gasteiger partial charge in [0.2, 0.25) is 0 Å². The molecule has 0 radical (unpaired) electrons. The molecule has 9 aromatic rings. The molecule has 2 aromatic heterocycles. The van der Waals surface area contributed by atoms with Gasteiger partial charge in [0.1, 0.15) is 0 Å². The maximum absolute atomic E-state index is 14.9. The number of hydrogen-bond acceptors (Lipinski definition) is 3. The van der Waals surface area contributed by atoms with Gasteiger partial charge < -0.3 is 4.57 Å². The Hall–Kier alpha value is -6.15. The van der Waals surface area contributed by atoms with Crippen LogP contribution in [0.4, 0.5) is 0 Å². The molecule has 0 saturated heterocycles. The highest BCUT2D eigenvalue weighted by atomic mass is 31.2. The van der Waals surface area contributed by atoms with Crippen molar-refractivity contribution in [3.8, 4) is 33.6 Å². The fourth-order valence-corrected chi connectivity index (χ4v) is 9.67. The summed E-state index contributed by atoms with van der Waals surface area (Å²) in [6.45, 7) is 0. The number of rotatable bonds is 6. The van der Waals surface area contributed by atoms with E-state index in [1.165, 1.54) is 0 Å². The number of aromatic nitrogens is 2. The van der Waals surface area contributed by atoms with Crippen LogP contribution in [0.15, 0.2) is 188 Å². The molecule has 50 heavy (non-hydrogen) atoms. The highest BCUT2D eigenvalue weighted by Gasteiger charge is 2.29. The molecule has 0 aliphatic rings. The van der Waals surface area contributed by atoms with E-state index >= 15 is 0 Å². The van der Waals surface area contributed by atoms with Crippen molar-refractivity contribution >= 4 is 55.6 Å². The van der Waals surface area contributed by atoms with Crippen molar-refractivity contribution in [1.29, 1.82) is 0 Å². The predicted octanol–water partition coefficient (Wildman–Crippen LogP) is 10.6. The molecule has 0 N–H and O–H groups in total. The van der Waals surface area contributed by atoms with Crippen LogP contribution in [0.25, 0.3) is 66.2 Å². The SMILES string of the molecule is O=P(c1ccccc1)(c1ccccc1)c1ccc(-c2ccc3nc(-c4ccccc4)c4c(ccc5ccc(-c6ccccc6)nc54)c3c2)cc1. The van der Waals surface area contributed by atoms with Crippen molar-refractivity contribution in [2.45, 2.75) is 0 Å². The lowest BCUT2D eigenvalue weighted by Gasteiger charge is -2.20. The highest BCUT2D eigenvalue weighted by Crippen LogP contribution is 2.43. The molecule has 2 heterocycles. The van der Waals surface area contributed by atoms with E-state index in [1.807, 2.05) is 97.1 Å². The molecule has 3 nitrogen and oxygen atoms in total. The van der Waals surface area contributed by atoms with Crippen LogP contribution in [0.1, 0.15) is 0 Å². The Kier molecular flexibility index (Phi) is 7.42. The Labute approximate surface area is 290 Å². The summed E-state index contributed by atoms with van der Waals surface area (Å²) in [7, 11) is -3.06. The van der Waals surface area contributed by atoms with Crippen LogP contribution in [-0.4, -0.2) is 9.97 Å². The fraction of sp³-hybridized carbons (Fsp3) is 0. The van der Waals surface area contributed by atoms with E-state index < -0.39 is 7.14 Å². The second kappa shape index (κ2) is 12.4. The Morgan fingerprint density at radius 2 is 0.940 bits per heavy atom. The monoisotopic (exact) mass is 658 g/mol. The second-order valence-electron chi connectivity index (χ2n) is 12.5. The van der Waals surface area contributed by atoms with Gasteiger partial charge in [0, 0.05) is 43.2 Å². The Morgan fingerprint density at radius 1 is 0.400 bits per heavy atom. The van der Waals surface area contributed by atoms with Crippen molar-refractivity contribution in [1.82, 2.24) is 9.97 Å². The molecule has 0 aliphatic heterocycles. The minimum atomic E-state index is -3.06. The van der Waals surface area contributed by atoms with Crippen LogP contribution in [0.3, 0.4) is 0 Å². The van der Waals surface area contributed by atoms with Gasteiger partial charge in [-0.25, -0.2) is 9.97 Å². The molecule has 0 bridgehead atoms. The fourth-order valence-electron chi connectivity index (χ4n) is 7.02. The first kappa shape index (κ1) is 29.9. The van der Waals surface area contributed by atoms with Crippen molar-refractivity contribution in [3.05, 3.63) is 188 Å². The average Bonchev–Trinajstić information content (AvgIpc) is 3.21. The maximum atomic E-state index is 14.9. The third-order valence-electron chi connectivity index (χ3n) is 9.54. The molecule has 0 aliphatic carbocycles. The first-order chi connectivity index (χ1) is 24.7. The number of fused-ring (bicyclic) bond motifs is 5. The van der Waals surface area contributed by atoms with Gasteiger partial charge in [-0.15, -0.1) is 0 Å². The zero-order valence-corrected chi connectivity index (χ0v) is 28.0. The number of pyridine rings is 2. The first-order valence-corrected chi connectivity index (χ1v) is 18.5. The lowest BCUT2D eigenvalue weighted by molar-refractivity contribution is 0.592. The number of hydrogen-bond donors (Lipinski definition) is 0. The van der Waals surface area contributed by atoms with Gasteiger partial charge in [0.05, 0.1) is 22.4 Å². The summed E-state index contributed by atoms with van der Waals surface area (Å²) in [4.78, 5) is 10.6. The van der Waals surface area contributed by atoms with E-state index in [9.17, 15) is 4.57 Å². The number of nitrogens with zero attached hydrogens (tertiary/aromatic N) is 2. The normalized spacial score (nSPS) is 11.7. The molecule has 9 rings (SSSR count). The van der Waals surface area contributed by atoms with Crippen molar-refractivity contribution in [3.63, 3.8) is 0 Å². The maximum Gasteiger partial charge on any atom is 0.171 e. The van der Waals surface area contributed by atoms with Crippen LogP contribution in [0.5, 0.6) is 0 Å². The molecule has 0 atom stereocenters. The molecular formula is C46H31N2OP. The molecule has 0 amide bonds. The van der Waals surface area contributed by atoms with Crippen LogP contribution < -0.4 is 15.9 Å². The van der Waals surface area contributed by atoms with Crippen LogP contribution >= 0.6 is 7.14 Å². The van der Waals surface area contributed by atoms with Crippen molar-refractivity contribution < 1.29 is 4.57 Å². The van der Waals surface area contributed by atoms with Crippen LogP contribution in [0, 0.1) is 0 Å². The Morgan fingerprint density at radius 3 is 1.58 bits per heavy atom. The lowest BCUT2D eigenvalue weighted by atomic mass is 9.95. The van der Waals surface area contributed by atoms with Crippen molar-refractivity contribution in [2.75, 3.05) is 0 Å². The molecular weight excluding hydrogens is 627 g/mol. The van der Waals surface area contributed by atoms with E-state index in [1.54, 1.807) is 0 Å². The van der Waals surface area contributed by atoms with E-state index in [2.05, 4.69) is 91.0 Å². The van der Waals surface area contributed by atoms with Crippen molar-refractivity contribution in [2.24, 2.45) is 0 Å². The molecule has 0 saturated carbocycles. The van der Waals surface area contributed by atoms with Crippen LogP contribution in [0.2, 0.25) is 0 Å². The molecule has 7 aromatic carbocycles. The van der Waals surface area contributed by atoms with Gasteiger partial charge in [-0.05, 0) is 34.7 Å². The Bertz CT molecular complexity index is 2650. The third-order valence-corrected chi connectivity index (χ3v) is 12.6. The topological polar surface area (TPSA) is 42.9 Å². The summed E-state index contributed by atoms with van der Waals surface area (Å²) in [5, 5.41) is 6.75. The minimum Gasteiger partial charge on any atom is -0.309 e. The zero-order valence-electron chi connectivity index (χ0n) is 27.1. The zero-order chi connectivity index (χ0) is 33.5. The summed E-state index contributed by atoms with van der Waals surface area (Å²) < 4.78 is 14.9.